The lowest BCUT2D eigenvalue weighted by Gasteiger charge is -2.29. The second-order valence-electron chi connectivity index (χ2n) is 11.5. The Morgan fingerprint density at radius 1 is 0.658 bits per heavy atom. The number of hydrogen-bond acceptors (Lipinski definition) is 2. The van der Waals surface area contributed by atoms with Gasteiger partial charge in [0.05, 0.1) is 13.2 Å². The van der Waals surface area contributed by atoms with Crippen LogP contribution in [0.2, 0.25) is 0 Å². The average Bonchev–Trinajstić information content (AvgIpc) is 2.96. The largest absolute Gasteiger partial charge is 0.384 e. The fourth-order valence-corrected chi connectivity index (χ4v) is 6.51. The van der Waals surface area contributed by atoms with Gasteiger partial charge in [-0.3, -0.25) is 0 Å². The van der Waals surface area contributed by atoms with Gasteiger partial charge in [0.25, 0.3) is 0 Å². The van der Waals surface area contributed by atoms with Crippen molar-refractivity contribution in [3.05, 3.63) is 83.9 Å². The van der Waals surface area contributed by atoms with E-state index in [-0.39, 0.29) is 5.92 Å². The van der Waals surface area contributed by atoms with Crippen LogP contribution in [0.25, 0.3) is 32.7 Å². The molecule has 0 radical (unpaired) electrons. The topological polar surface area (TPSA) is 18.5 Å². The third-order valence-electron chi connectivity index (χ3n) is 8.80. The van der Waals surface area contributed by atoms with Gasteiger partial charge in [0.2, 0.25) is 0 Å². The van der Waals surface area contributed by atoms with E-state index in [1.807, 2.05) is 0 Å². The second kappa shape index (κ2) is 12.9. The van der Waals surface area contributed by atoms with E-state index >= 15 is 0 Å². The molecule has 38 heavy (non-hydrogen) atoms. The van der Waals surface area contributed by atoms with Crippen molar-refractivity contribution in [2.24, 2.45) is 5.92 Å². The van der Waals surface area contributed by atoms with Crippen molar-refractivity contribution in [3.63, 3.8) is 0 Å². The summed E-state index contributed by atoms with van der Waals surface area (Å²) in [7, 11) is 3.50. The van der Waals surface area contributed by atoms with Gasteiger partial charge in [-0.15, -0.1) is 0 Å². The van der Waals surface area contributed by atoms with Crippen LogP contribution in [-0.4, -0.2) is 27.4 Å². The van der Waals surface area contributed by atoms with Crippen LogP contribution >= 0.6 is 0 Å². The lowest BCUT2D eigenvalue weighted by molar-refractivity contribution is 0.117. The molecular weight excluding hydrogens is 464 g/mol. The number of methoxy groups -OCH3 is 2. The molecule has 4 aromatic rings. The van der Waals surface area contributed by atoms with Crippen molar-refractivity contribution in [2.75, 3.05) is 27.4 Å². The summed E-state index contributed by atoms with van der Waals surface area (Å²) in [6.45, 7) is 3.63. The van der Waals surface area contributed by atoms with E-state index in [1.54, 1.807) is 19.8 Å². The summed E-state index contributed by atoms with van der Waals surface area (Å²) in [4.78, 5) is 0. The van der Waals surface area contributed by atoms with Crippen LogP contribution in [0.5, 0.6) is 0 Å². The number of rotatable bonds is 11. The Hall–Kier alpha value is -2.68. The minimum absolute atomic E-state index is 0.250. The first-order valence-electron chi connectivity index (χ1n) is 14.7. The van der Waals surface area contributed by atoms with Crippen LogP contribution in [0, 0.1) is 5.92 Å². The van der Waals surface area contributed by atoms with Gasteiger partial charge < -0.3 is 9.47 Å². The van der Waals surface area contributed by atoms with Crippen LogP contribution < -0.4 is 0 Å². The maximum Gasteiger partial charge on any atom is 0.0553 e. The summed E-state index contributed by atoms with van der Waals surface area (Å²) < 4.78 is 10.8. The molecule has 4 aromatic carbocycles. The van der Waals surface area contributed by atoms with Crippen LogP contribution in [-0.2, 0) is 9.47 Å². The summed E-state index contributed by atoms with van der Waals surface area (Å²) in [5.74, 6) is 1.95. The molecule has 1 saturated carbocycles. The SMILES string of the molecule is CCCCCC1CCC(c2ccc3cc(-c4ccc5cc(C(COC)COC)ccc5c4)ccc3c2)CC1. The summed E-state index contributed by atoms with van der Waals surface area (Å²) in [6.07, 6.45) is 11.1. The number of ether oxygens (including phenoxy) is 2. The normalized spacial score (nSPS) is 18.0. The van der Waals surface area contributed by atoms with Crippen LogP contribution in [0.15, 0.2) is 72.8 Å². The molecule has 1 aliphatic carbocycles. The first-order chi connectivity index (χ1) is 18.7. The van der Waals surface area contributed by atoms with E-state index in [4.69, 9.17) is 9.47 Å². The van der Waals surface area contributed by atoms with Gasteiger partial charge in [0, 0.05) is 20.1 Å². The molecule has 2 heteroatoms. The van der Waals surface area contributed by atoms with E-state index in [0.29, 0.717) is 13.2 Å². The standard InChI is InChI=1S/C36H44O2/c1-4-5-6-7-26-8-10-27(11-9-26)28-12-13-30-21-31(15-14-29(30)20-28)32-16-17-34-23-35(19-18-33(34)22-32)36(24-37-2)25-38-3/h12-23,26-27,36H,4-11,24-25H2,1-3H3. The highest BCUT2D eigenvalue weighted by atomic mass is 16.5. The Balaban J connectivity index is 1.30. The molecule has 0 saturated heterocycles. The van der Waals surface area contributed by atoms with Crippen LogP contribution in [0.4, 0.5) is 0 Å². The second-order valence-corrected chi connectivity index (χ2v) is 11.5. The van der Waals surface area contributed by atoms with Gasteiger partial charge in [-0.25, -0.2) is 0 Å². The lowest BCUT2D eigenvalue weighted by atomic mass is 9.76. The quantitative estimate of drug-likeness (QED) is 0.188. The zero-order valence-electron chi connectivity index (χ0n) is 23.5. The summed E-state index contributed by atoms with van der Waals surface area (Å²) in [5.41, 5.74) is 5.35. The number of unbranched alkanes of at least 4 members (excludes halogenated alkanes) is 2. The van der Waals surface area contributed by atoms with E-state index in [0.717, 1.165) is 11.8 Å². The zero-order valence-corrected chi connectivity index (χ0v) is 23.5. The van der Waals surface area contributed by atoms with Gasteiger partial charge in [-0.1, -0.05) is 93.3 Å². The number of benzene rings is 4. The van der Waals surface area contributed by atoms with Gasteiger partial charge in [-0.2, -0.15) is 0 Å². The first kappa shape index (κ1) is 26.9. The van der Waals surface area contributed by atoms with Crippen LogP contribution in [0.3, 0.4) is 0 Å². The highest BCUT2D eigenvalue weighted by Gasteiger charge is 2.22. The molecule has 0 unspecified atom stereocenters. The molecule has 0 N–H and O–H groups in total. The molecule has 0 aliphatic heterocycles. The highest BCUT2D eigenvalue weighted by molar-refractivity contribution is 5.91. The lowest BCUT2D eigenvalue weighted by Crippen LogP contribution is -2.13. The van der Waals surface area contributed by atoms with Gasteiger partial charge in [-0.05, 0) is 93.5 Å². The molecule has 1 aliphatic rings. The Bertz CT molecular complexity index is 1330. The third-order valence-corrected chi connectivity index (χ3v) is 8.80. The Morgan fingerprint density at radius 3 is 1.87 bits per heavy atom. The molecular formula is C36H44O2. The minimum atomic E-state index is 0.250. The predicted octanol–water partition coefficient (Wildman–Crippen LogP) is 9.89. The Kier molecular flexibility index (Phi) is 9.14. The molecule has 0 bridgehead atoms. The smallest absolute Gasteiger partial charge is 0.0553 e. The van der Waals surface area contributed by atoms with Crippen LogP contribution in [0.1, 0.15) is 81.3 Å². The van der Waals surface area contributed by atoms with Gasteiger partial charge in [0.15, 0.2) is 0 Å². The fraction of sp³-hybridized carbons (Fsp3) is 0.444. The van der Waals surface area contributed by atoms with Crippen molar-refractivity contribution in [3.8, 4) is 11.1 Å². The summed E-state index contributed by atoms with van der Waals surface area (Å²) >= 11 is 0. The molecule has 2 nitrogen and oxygen atoms in total. The summed E-state index contributed by atoms with van der Waals surface area (Å²) in [6, 6.07) is 27.7. The fourth-order valence-electron chi connectivity index (χ4n) is 6.51. The number of hydrogen-bond donors (Lipinski definition) is 0. The van der Waals surface area contributed by atoms with E-state index in [2.05, 4.69) is 79.7 Å². The zero-order chi connectivity index (χ0) is 26.3. The molecule has 0 spiro atoms. The average molecular weight is 509 g/mol. The highest BCUT2D eigenvalue weighted by Crippen LogP contribution is 2.39. The molecule has 200 valence electrons. The minimum Gasteiger partial charge on any atom is -0.384 e. The van der Waals surface area contributed by atoms with Crippen molar-refractivity contribution in [2.45, 2.75) is 70.1 Å². The number of fused-ring (bicyclic) bond motifs is 2. The molecule has 1 fully saturated rings. The van der Waals surface area contributed by atoms with E-state index in [9.17, 15) is 0 Å². The molecule has 0 atom stereocenters. The van der Waals surface area contributed by atoms with Gasteiger partial charge >= 0.3 is 0 Å². The van der Waals surface area contributed by atoms with Crippen molar-refractivity contribution in [1.29, 1.82) is 0 Å². The Labute approximate surface area is 229 Å². The Morgan fingerprint density at radius 2 is 1.24 bits per heavy atom. The van der Waals surface area contributed by atoms with Crippen molar-refractivity contribution < 1.29 is 9.47 Å². The third kappa shape index (κ3) is 6.30. The monoisotopic (exact) mass is 508 g/mol. The summed E-state index contributed by atoms with van der Waals surface area (Å²) in [5, 5.41) is 5.22. The predicted molar refractivity (Wildman–Crippen MR) is 162 cm³/mol. The van der Waals surface area contributed by atoms with Crippen molar-refractivity contribution >= 4 is 21.5 Å². The van der Waals surface area contributed by atoms with E-state index < -0.39 is 0 Å². The van der Waals surface area contributed by atoms with Gasteiger partial charge in [0.1, 0.15) is 0 Å². The maximum atomic E-state index is 5.42. The molecule has 0 heterocycles. The molecule has 5 rings (SSSR count). The van der Waals surface area contributed by atoms with Crippen molar-refractivity contribution in [1.82, 2.24) is 0 Å². The first-order valence-corrected chi connectivity index (χ1v) is 14.7. The molecule has 0 aromatic heterocycles. The van der Waals surface area contributed by atoms with E-state index in [1.165, 1.54) is 89.6 Å². The molecule has 0 amide bonds. The maximum absolute atomic E-state index is 5.42.